The molecular weight excluding hydrogens is 528 g/mol. The van der Waals surface area contributed by atoms with E-state index in [-0.39, 0.29) is 17.3 Å². The summed E-state index contributed by atoms with van der Waals surface area (Å²) in [7, 11) is -3.79. The van der Waals surface area contributed by atoms with Gasteiger partial charge in [0.2, 0.25) is 10.0 Å². The number of aliphatic hydroxyl groups is 2. The number of aliphatic hydroxyl groups excluding tert-OH is 2. The number of primary sulfonamides is 1. The molecule has 0 radical (unpaired) electrons. The highest BCUT2D eigenvalue weighted by molar-refractivity contribution is 7.89. The van der Waals surface area contributed by atoms with Crippen LogP contribution >= 0.6 is 0 Å². The number of aryl methyl sites for hydroxylation is 1. The van der Waals surface area contributed by atoms with Gasteiger partial charge in [-0.1, -0.05) is 61.4 Å². The molecular formula is C31H42N2O6S. The fourth-order valence-corrected chi connectivity index (χ4v) is 5.35. The Bertz CT molecular complexity index is 1300. The van der Waals surface area contributed by atoms with Crippen LogP contribution in [-0.4, -0.2) is 50.0 Å². The van der Waals surface area contributed by atoms with Gasteiger partial charge in [-0.3, -0.25) is 0 Å². The van der Waals surface area contributed by atoms with Gasteiger partial charge >= 0.3 is 0 Å². The van der Waals surface area contributed by atoms with Crippen molar-refractivity contribution in [3.63, 3.8) is 0 Å². The lowest BCUT2D eigenvalue weighted by Crippen LogP contribution is -2.22. The second kappa shape index (κ2) is 16.5. The number of aromatic hydroxyl groups is 1. The molecule has 0 aliphatic carbocycles. The third-order valence-electron chi connectivity index (χ3n) is 6.82. The topological polar surface area (TPSA) is 142 Å². The molecule has 3 aromatic carbocycles. The Kier molecular flexibility index (Phi) is 13.1. The average molecular weight is 571 g/mol. The maximum Gasteiger partial charge on any atom is 0.238 e. The summed E-state index contributed by atoms with van der Waals surface area (Å²) in [6.07, 6.45) is 6.38. The van der Waals surface area contributed by atoms with Gasteiger partial charge in [-0.25, -0.2) is 13.6 Å². The van der Waals surface area contributed by atoms with Crippen LogP contribution in [0.1, 0.15) is 61.3 Å². The summed E-state index contributed by atoms with van der Waals surface area (Å²) in [5.41, 5.74) is 3.70. The van der Waals surface area contributed by atoms with Gasteiger partial charge in [0, 0.05) is 30.9 Å². The van der Waals surface area contributed by atoms with Crippen LogP contribution in [0, 0.1) is 0 Å². The maximum atomic E-state index is 11.9. The molecule has 0 amide bonds. The van der Waals surface area contributed by atoms with E-state index in [2.05, 4.69) is 11.4 Å². The van der Waals surface area contributed by atoms with Crippen molar-refractivity contribution >= 4 is 10.0 Å². The fourth-order valence-electron chi connectivity index (χ4n) is 4.59. The smallest absolute Gasteiger partial charge is 0.238 e. The minimum atomic E-state index is -3.79. The van der Waals surface area contributed by atoms with Crippen LogP contribution < -0.4 is 10.5 Å². The summed E-state index contributed by atoms with van der Waals surface area (Å²) in [6, 6.07) is 19.5. The van der Waals surface area contributed by atoms with Crippen LogP contribution in [0.15, 0.2) is 71.6 Å². The zero-order chi connectivity index (χ0) is 28.8. The normalized spacial score (nSPS) is 12.5. The summed E-state index contributed by atoms with van der Waals surface area (Å²) < 4.78 is 29.7. The van der Waals surface area contributed by atoms with E-state index >= 15 is 0 Å². The Morgan fingerprint density at radius 1 is 0.875 bits per heavy atom. The number of rotatable bonds is 18. The lowest BCUT2D eigenvalue weighted by atomic mass is 10.0. The lowest BCUT2D eigenvalue weighted by molar-refractivity contribution is 0.126. The van der Waals surface area contributed by atoms with Crippen LogP contribution in [0.25, 0.3) is 11.1 Å². The van der Waals surface area contributed by atoms with E-state index in [1.54, 1.807) is 24.3 Å². The van der Waals surface area contributed by atoms with Crippen LogP contribution in [0.5, 0.6) is 5.75 Å². The van der Waals surface area contributed by atoms with Gasteiger partial charge in [0.1, 0.15) is 5.75 Å². The third kappa shape index (κ3) is 10.3. The van der Waals surface area contributed by atoms with E-state index in [0.29, 0.717) is 23.2 Å². The van der Waals surface area contributed by atoms with E-state index in [1.165, 1.54) is 12.1 Å². The molecule has 6 N–H and O–H groups in total. The minimum absolute atomic E-state index is 0.0322. The van der Waals surface area contributed by atoms with Crippen molar-refractivity contribution in [3.05, 3.63) is 83.4 Å². The fraction of sp³-hybridized carbons (Fsp3) is 0.419. The first-order valence-electron chi connectivity index (χ1n) is 13.9. The zero-order valence-corrected chi connectivity index (χ0v) is 23.8. The Hall–Kier alpha value is -2.79. The molecule has 3 aromatic rings. The molecule has 0 saturated heterocycles. The highest BCUT2D eigenvalue weighted by Gasteiger charge is 2.14. The molecule has 0 bridgehead atoms. The SMILES string of the molecule is NS(=O)(=O)c1ccccc1-c1cccc(CCCCOCCCCCCNC[C@H](O)c2ccc(O)c(CO)c2)c1. The van der Waals surface area contributed by atoms with E-state index in [1.807, 2.05) is 24.3 Å². The molecule has 1 atom stereocenters. The zero-order valence-electron chi connectivity index (χ0n) is 23.0. The molecule has 0 heterocycles. The molecule has 0 aliphatic rings. The van der Waals surface area contributed by atoms with Gasteiger partial charge in [0.15, 0.2) is 0 Å². The van der Waals surface area contributed by atoms with E-state index in [4.69, 9.17) is 9.88 Å². The quantitative estimate of drug-likeness (QED) is 0.143. The molecule has 0 saturated carbocycles. The predicted molar refractivity (Wildman–Crippen MR) is 157 cm³/mol. The second-order valence-corrected chi connectivity index (χ2v) is 11.5. The minimum Gasteiger partial charge on any atom is -0.508 e. The molecule has 0 fully saturated rings. The molecule has 40 heavy (non-hydrogen) atoms. The number of ether oxygens (including phenoxy) is 1. The highest BCUT2D eigenvalue weighted by Crippen LogP contribution is 2.27. The molecule has 218 valence electrons. The first-order valence-corrected chi connectivity index (χ1v) is 15.4. The Labute approximate surface area is 237 Å². The van der Waals surface area contributed by atoms with Gasteiger partial charge in [0.05, 0.1) is 17.6 Å². The number of phenols is 1. The van der Waals surface area contributed by atoms with E-state index in [0.717, 1.165) is 75.8 Å². The molecule has 0 unspecified atom stereocenters. The number of benzene rings is 3. The first kappa shape index (κ1) is 31.7. The number of hydrogen-bond donors (Lipinski definition) is 5. The number of nitrogens with one attached hydrogen (secondary N) is 1. The second-order valence-electron chi connectivity index (χ2n) is 9.99. The summed E-state index contributed by atoms with van der Waals surface area (Å²) in [6.45, 7) is 2.45. The van der Waals surface area contributed by atoms with Crippen molar-refractivity contribution in [1.82, 2.24) is 5.32 Å². The lowest BCUT2D eigenvalue weighted by Gasteiger charge is -2.14. The Balaban J connectivity index is 1.22. The molecule has 0 aliphatic heterocycles. The highest BCUT2D eigenvalue weighted by atomic mass is 32.2. The number of sulfonamides is 1. The summed E-state index contributed by atoms with van der Waals surface area (Å²) >= 11 is 0. The van der Waals surface area contributed by atoms with Gasteiger partial charge < -0.3 is 25.4 Å². The van der Waals surface area contributed by atoms with Crippen molar-refractivity contribution in [3.8, 4) is 16.9 Å². The van der Waals surface area contributed by atoms with Gasteiger partial charge in [0.25, 0.3) is 0 Å². The monoisotopic (exact) mass is 570 g/mol. The third-order valence-corrected chi connectivity index (χ3v) is 7.79. The summed E-state index contributed by atoms with van der Waals surface area (Å²) in [5.74, 6) is 0.0322. The first-order chi connectivity index (χ1) is 19.3. The van der Waals surface area contributed by atoms with Gasteiger partial charge in [-0.2, -0.15) is 0 Å². The van der Waals surface area contributed by atoms with Crippen molar-refractivity contribution in [2.45, 2.75) is 62.6 Å². The predicted octanol–water partition coefficient (Wildman–Crippen LogP) is 4.42. The van der Waals surface area contributed by atoms with Crippen molar-refractivity contribution in [2.24, 2.45) is 5.14 Å². The molecule has 8 nitrogen and oxygen atoms in total. The molecule has 0 aromatic heterocycles. The van der Waals surface area contributed by atoms with Crippen molar-refractivity contribution in [1.29, 1.82) is 0 Å². The number of hydrogen-bond acceptors (Lipinski definition) is 7. The number of unbranched alkanes of at least 4 members (excludes halogenated alkanes) is 4. The molecule has 0 spiro atoms. The average Bonchev–Trinajstić information content (AvgIpc) is 2.95. The number of nitrogens with two attached hydrogens (primary N) is 1. The Morgan fingerprint density at radius 3 is 2.40 bits per heavy atom. The van der Waals surface area contributed by atoms with Crippen molar-refractivity contribution in [2.75, 3.05) is 26.3 Å². The van der Waals surface area contributed by atoms with E-state index in [9.17, 15) is 23.7 Å². The largest absolute Gasteiger partial charge is 0.508 e. The summed E-state index contributed by atoms with van der Waals surface area (Å²) in [5, 5.41) is 37.8. The van der Waals surface area contributed by atoms with Crippen LogP contribution in [0.2, 0.25) is 0 Å². The van der Waals surface area contributed by atoms with Gasteiger partial charge in [-0.15, -0.1) is 0 Å². The standard InChI is InChI=1S/C31H42N2O6S/c32-40(37,38)31-14-4-3-13-28(31)25-12-9-11-24(20-25)10-5-8-19-39-18-7-2-1-6-17-33-22-30(36)26-15-16-29(35)27(21-26)23-34/h3-4,9,11-16,20-21,30,33-36H,1-2,5-8,10,17-19,22-23H2,(H2,32,37,38)/t30-/m0/s1. The van der Waals surface area contributed by atoms with Crippen molar-refractivity contribution < 1.29 is 28.5 Å². The Morgan fingerprint density at radius 2 is 1.62 bits per heavy atom. The van der Waals surface area contributed by atoms with Crippen LogP contribution in [-0.2, 0) is 27.8 Å². The summed E-state index contributed by atoms with van der Waals surface area (Å²) in [4.78, 5) is 0.138. The maximum absolute atomic E-state index is 11.9. The molecule has 9 heteroatoms. The van der Waals surface area contributed by atoms with Gasteiger partial charge in [-0.05, 0) is 73.5 Å². The molecule has 3 rings (SSSR count). The van der Waals surface area contributed by atoms with Crippen LogP contribution in [0.4, 0.5) is 0 Å². The van der Waals surface area contributed by atoms with Crippen LogP contribution in [0.3, 0.4) is 0 Å². The van der Waals surface area contributed by atoms with E-state index < -0.39 is 16.1 Å².